The molecule has 0 spiro atoms. The predicted octanol–water partition coefficient (Wildman–Crippen LogP) is 0.850. The van der Waals surface area contributed by atoms with Gasteiger partial charge in [-0.05, 0) is 19.8 Å². The van der Waals surface area contributed by atoms with Crippen molar-refractivity contribution >= 4 is 0 Å². The highest BCUT2D eigenvalue weighted by molar-refractivity contribution is 4.82. The number of hydrogen-bond acceptors (Lipinski definition) is 3. The van der Waals surface area contributed by atoms with Crippen LogP contribution in [0.1, 0.15) is 33.6 Å². The average molecular weight is 201 g/mol. The Labute approximate surface area is 86.7 Å². The van der Waals surface area contributed by atoms with E-state index in [9.17, 15) is 10.2 Å². The minimum atomic E-state index is -0.180. The van der Waals surface area contributed by atoms with E-state index in [0.717, 1.165) is 25.9 Å². The molecule has 0 saturated carbocycles. The lowest BCUT2D eigenvalue weighted by Crippen LogP contribution is -2.48. The van der Waals surface area contributed by atoms with Crippen LogP contribution in [0, 0.1) is 5.41 Å². The van der Waals surface area contributed by atoms with Crippen LogP contribution < -0.4 is 0 Å². The summed E-state index contributed by atoms with van der Waals surface area (Å²) < 4.78 is 0. The molecule has 0 aromatic rings. The molecule has 1 rings (SSSR count). The third kappa shape index (κ3) is 3.23. The molecule has 2 unspecified atom stereocenters. The molecule has 0 amide bonds. The number of hydrogen-bond donors (Lipinski definition) is 2. The molecule has 14 heavy (non-hydrogen) atoms. The van der Waals surface area contributed by atoms with Crippen LogP contribution in [-0.2, 0) is 0 Å². The summed E-state index contributed by atoms with van der Waals surface area (Å²) >= 11 is 0. The Bertz CT molecular complexity index is 182. The summed E-state index contributed by atoms with van der Waals surface area (Å²) in [4.78, 5) is 2.28. The van der Waals surface area contributed by atoms with Crippen LogP contribution in [0.15, 0.2) is 0 Å². The monoisotopic (exact) mass is 201 g/mol. The lowest BCUT2D eigenvalue weighted by molar-refractivity contribution is 0.00806. The first kappa shape index (κ1) is 12.0. The second-order valence-electron chi connectivity index (χ2n) is 5.33. The Balaban J connectivity index is 2.49. The van der Waals surface area contributed by atoms with Gasteiger partial charge in [-0.3, -0.25) is 4.90 Å². The molecule has 1 fully saturated rings. The first-order valence-electron chi connectivity index (χ1n) is 5.47. The highest BCUT2D eigenvalue weighted by Crippen LogP contribution is 2.23. The number of aliphatic hydroxyl groups excluding tert-OH is 2. The van der Waals surface area contributed by atoms with Gasteiger partial charge in [-0.2, -0.15) is 0 Å². The molecule has 1 aliphatic heterocycles. The van der Waals surface area contributed by atoms with Crippen molar-refractivity contribution in [3.05, 3.63) is 0 Å². The molecule has 3 nitrogen and oxygen atoms in total. The molecule has 0 aliphatic carbocycles. The van der Waals surface area contributed by atoms with Crippen LogP contribution in [-0.4, -0.2) is 47.0 Å². The molecular formula is C11H23NO2. The van der Waals surface area contributed by atoms with E-state index in [0.29, 0.717) is 6.04 Å². The van der Waals surface area contributed by atoms with E-state index in [2.05, 4.69) is 25.7 Å². The Kier molecular flexibility index (Phi) is 3.93. The van der Waals surface area contributed by atoms with Crippen molar-refractivity contribution in [1.29, 1.82) is 0 Å². The highest BCUT2D eigenvalue weighted by Gasteiger charge is 2.28. The average Bonchev–Trinajstić information content (AvgIpc) is 2.11. The normalized spacial score (nSPS) is 30.6. The number of likely N-dealkylation sites (tertiary alicyclic amines) is 1. The van der Waals surface area contributed by atoms with Gasteiger partial charge in [0.15, 0.2) is 0 Å². The van der Waals surface area contributed by atoms with Gasteiger partial charge in [-0.15, -0.1) is 0 Å². The summed E-state index contributed by atoms with van der Waals surface area (Å²) in [6.45, 7) is 8.12. The fourth-order valence-corrected chi connectivity index (χ4v) is 1.98. The fraction of sp³-hybridized carbons (Fsp3) is 1.00. The van der Waals surface area contributed by atoms with Crippen LogP contribution in [0.3, 0.4) is 0 Å². The highest BCUT2D eigenvalue weighted by atomic mass is 16.3. The zero-order chi connectivity index (χ0) is 10.8. The SMILES string of the molecule is CC1CCC(O)CN1CC(C)(C)CO. The number of rotatable bonds is 3. The van der Waals surface area contributed by atoms with E-state index in [-0.39, 0.29) is 18.1 Å². The summed E-state index contributed by atoms with van der Waals surface area (Å²) in [5.41, 5.74) is -0.0642. The van der Waals surface area contributed by atoms with Gasteiger partial charge in [0.2, 0.25) is 0 Å². The molecule has 1 saturated heterocycles. The van der Waals surface area contributed by atoms with Crippen LogP contribution in [0.2, 0.25) is 0 Å². The van der Waals surface area contributed by atoms with E-state index < -0.39 is 0 Å². The van der Waals surface area contributed by atoms with E-state index in [1.54, 1.807) is 0 Å². The van der Waals surface area contributed by atoms with E-state index in [1.165, 1.54) is 0 Å². The van der Waals surface area contributed by atoms with Crippen LogP contribution in [0.25, 0.3) is 0 Å². The Hall–Kier alpha value is -0.120. The zero-order valence-corrected chi connectivity index (χ0v) is 9.53. The Morgan fingerprint density at radius 3 is 2.57 bits per heavy atom. The molecule has 84 valence electrons. The first-order chi connectivity index (χ1) is 6.44. The number of nitrogens with zero attached hydrogens (tertiary/aromatic N) is 1. The van der Waals surface area contributed by atoms with Crippen molar-refractivity contribution in [2.24, 2.45) is 5.41 Å². The van der Waals surface area contributed by atoms with Crippen molar-refractivity contribution in [3.63, 3.8) is 0 Å². The van der Waals surface area contributed by atoms with Gasteiger partial charge in [0.1, 0.15) is 0 Å². The van der Waals surface area contributed by atoms with Crippen molar-refractivity contribution in [1.82, 2.24) is 4.90 Å². The van der Waals surface area contributed by atoms with Gasteiger partial charge in [0.05, 0.1) is 6.10 Å². The van der Waals surface area contributed by atoms with Gasteiger partial charge >= 0.3 is 0 Å². The molecule has 1 heterocycles. The molecular weight excluding hydrogens is 178 g/mol. The van der Waals surface area contributed by atoms with E-state index in [4.69, 9.17) is 0 Å². The van der Waals surface area contributed by atoms with Gasteiger partial charge in [0, 0.05) is 31.2 Å². The van der Waals surface area contributed by atoms with Crippen molar-refractivity contribution in [3.8, 4) is 0 Å². The lowest BCUT2D eigenvalue weighted by Gasteiger charge is -2.40. The summed E-state index contributed by atoms with van der Waals surface area (Å²) in [5, 5.41) is 18.8. The predicted molar refractivity (Wildman–Crippen MR) is 57.1 cm³/mol. The Morgan fingerprint density at radius 2 is 2.00 bits per heavy atom. The van der Waals surface area contributed by atoms with Crippen LogP contribution in [0.5, 0.6) is 0 Å². The van der Waals surface area contributed by atoms with Gasteiger partial charge in [0.25, 0.3) is 0 Å². The minimum Gasteiger partial charge on any atom is -0.396 e. The van der Waals surface area contributed by atoms with E-state index >= 15 is 0 Å². The molecule has 0 aromatic carbocycles. The molecule has 0 bridgehead atoms. The third-order valence-corrected chi connectivity index (χ3v) is 3.05. The maximum absolute atomic E-state index is 9.56. The Morgan fingerprint density at radius 1 is 1.36 bits per heavy atom. The smallest absolute Gasteiger partial charge is 0.0667 e. The standard InChI is InChI=1S/C11H23NO2/c1-9-4-5-10(14)6-12(9)7-11(2,3)8-13/h9-10,13-14H,4-8H2,1-3H3. The summed E-state index contributed by atoms with van der Waals surface area (Å²) in [6, 6.07) is 0.532. The molecule has 2 N–H and O–H groups in total. The first-order valence-corrected chi connectivity index (χ1v) is 5.47. The quantitative estimate of drug-likeness (QED) is 0.711. The zero-order valence-electron chi connectivity index (χ0n) is 9.53. The lowest BCUT2D eigenvalue weighted by atomic mass is 9.91. The maximum atomic E-state index is 9.56. The second kappa shape index (κ2) is 4.60. The number of β-amino-alcohol motifs (C(OH)–C–C–N with tert-alkyl or cyclic N) is 1. The largest absolute Gasteiger partial charge is 0.396 e. The second-order valence-corrected chi connectivity index (χ2v) is 5.33. The van der Waals surface area contributed by atoms with E-state index in [1.807, 2.05) is 0 Å². The van der Waals surface area contributed by atoms with Gasteiger partial charge in [-0.1, -0.05) is 13.8 Å². The molecule has 0 radical (unpaired) electrons. The summed E-state index contributed by atoms with van der Waals surface area (Å²) in [5.74, 6) is 0. The number of piperidine rings is 1. The fourth-order valence-electron chi connectivity index (χ4n) is 1.98. The molecule has 3 heteroatoms. The molecule has 2 atom stereocenters. The van der Waals surface area contributed by atoms with Crippen molar-refractivity contribution in [2.75, 3.05) is 19.7 Å². The van der Waals surface area contributed by atoms with Gasteiger partial charge < -0.3 is 10.2 Å². The van der Waals surface area contributed by atoms with Crippen molar-refractivity contribution < 1.29 is 10.2 Å². The van der Waals surface area contributed by atoms with Crippen molar-refractivity contribution in [2.45, 2.75) is 45.8 Å². The van der Waals surface area contributed by atoms with Crippen LogP contribution in [0.4, 0.5) is 0 Å². The summed E-state index contributed by atoms with van der Waals surface area (Å²) in [7, 11) is 0. The molecule has 1 aliphatic rings. The topological polar surface area (TPSA) is 43.7 Å². The molecule has 0 aromatic heterocycles. The minimum absolute atomic E-state index is 0.0642. The van der Waals surface area contributed by atoms with Crippen LogP contribution >= 0.6 is 0 Å². The third-order valence-electron chi connectivity index (χ3n) is 3.05. The number of aliphatic hydroxyl groups is 2. The summed E-state index contributed by atoms with van der Waals surface area (Å²) in [6.07, 6.45) is 1.79. The van der Waals surface area contributed by atoms with Gasteiger partial charge in [-0.25, -0.2) is 0 Å². The maximum Gasteiger partial charge on any atom is 0.0667 e.